The van der Waals surface area contributed by atoms with Crippen molar-refractivity contribution in [3.8, 4) is 5.75 Å². The molecule has 32 heavy (non-hydrogen) atoms. The molecular formula is C26H34N2O3S. The van der Waals surface area contributed by atoms with E-state index in [9.17, 15) is 9.59 Å². The molecule has 1 aliphatic heterocycles. The summed E-state index contributed by atoms with van der Waals surface area (Å²) in [7, 11) is 0. The maximum absolute atomic E-state index is 12.6. The number of unbranched alkanes of at least 4 members (excludes halogenated alkanes) is 5. The summed E-state index contributed by atoms with van der Waals surface area (Å²) in [6.45, 7) is 4.77. The van der Waals surface area contributed by atoms with Crippen molar-refractivity contribution in [1.29, 1.82) is 0 Å². The van der Waals surface area contributed by atoms with Crippen molar-refractivity contribution >= 4 is 35.0 Å². The number of hydrogen-bond donors (Lipinski definition) is 1. The zero-order chi connectivity index (χ0) is 22.8. The van der Waals surface area contributed by atoms with E-state index in [0.29, 0.717) is 18.8 Å². The van der Waals surface area contributed by atoms with Crippen molar-refractivity contribution in [1.82, 2.24) is 0 Å². The summed E-state index contributed by atoms with van der Waals surface area (Å²) >= 11 is 1.62. The first kappa shape index (κ1) is 24.2. The molecule has 1 heterocycles. The van der Waals surface area contributed by atoms with E-state index < -0.39 is 0 Å². The molecule has 1 unspecified atom stereocenters. The number of amides is 2. The van der Waals surface area contributed by atoms with Gasteiger partial charge < -0.3 is 10.1 Å². The van der Waals surface area contributed by atoms with Crippen LogP contribution < -0.4 is 15.0 Å². The van der Waals surface area contributed by atoms with Crippen molar-refractivity contribution in [2.75, 3.05) is 22.6 Å². The predicted molar refractivity (Wildman–Crippen MR) is 133 cm³/mol. The molecule has 1 saturated heterocycles. The number of nitrogens with zero attached hydrogens (tertiary/aromatic N) is 1. The summed E-state index contributed by atoms with van der Waals surface area (Å²) in [5.74, 6) is 1.41. The number of rotatable bonds is 12. The summed E-state index contributed by atoms with van der Waals surface area (Å²) in [6, 6.07) is 15.5. The maximum atomic E-state index is 12.6. The van der Waals surface area contributed by atoms with Gasteiger partial charge >= 0.3 is 0 Å². The van der Waals surface area contributed by atoms with Gasteiger partial charge in [0.05, 0.1) is 12.4 Å². The molecule has 2 aromatic carbocycles. The van der Waals surface area contributed by atoms with Crippen LogP contribution in [0.25, 0.3) is 0 Å². The molecule has 0 aliphatic carbocycles. The van der Waals surface area contributed by atoms with Crippen molar-refractivity contribution in [2.24, 2.45) is 0 Å². The molecule has 1 fully saturated rings. The van der Waals surface area contributed by atoms with Crippen LogP contribution in [0.15, 0.2) is 48.5 Å². The number of carbonyl (C=O) groups is 2. The highest BCUT2D eigenvalue weighted by Crippen LogP contribution is 2.42. The minimum atomic E-state index is -0.0756. The van der Waals surface area contributed by atoms with E-state index >= 15 is 0 Å². The molecule has 0 saturated carbocycles. The van der Waals surface area contributed by atoms with Crippen LogP contribution in [0.1, 0.15) is 69.7 Å². The van der Waals surface area contributed by atoms with Gasteiger partial charge in [-0.2, -0.15) is 0 Å². The second kappa shape index (κ2) is 12.5. The van der Waals surface area contributed by atoms with Crippen molar-refractivity contribution in [3.63, 3.8) is 0 Å². The number of anilines is 2. The van der Waals surface area contributed by atoms with Gasteiger partial charge in [-0.1, -0.05) is 51.2 Å². The Kier molecular flexibility index (Phi) is 9.47. The Morgan fingerprint density at radius 2 is 1.69 bits per heavy atom. The highest BCUT2D eigenvalue weighted by molar-refractivity contribution is 8.00. The molecule has 2 aromatic rings. The van der Waals surface area contributed by atoms with Crippen LogP contribution in [0.2, 0.25) is 0 Å². The average Bonchev–Trinajstić information content (AvgIpc) is 3.19. The summed E-state index contributed by atoms with van der Waals surface area (Å²) in [6.07, 6.45) is 7.59. The van der Waals surface area contributed by atoms with Crippen LogP contribution in [-0.2, 0) is 9.59 Å². The van der Waals surface area contributed by atoms with Gasteiger partial charge in [-0.05, 0) is 55.3 Å². The van der Waals surface area contributed by atoms with E-state index in [-0.39, 0.29) is 17.2 Å². The monoisotopic (exact) mass is 454 g/mol. The van der Waals surface area contributed by atoms with Gasteiger partial charge in [-0.15, -0.1) is 11.8 Å². The van der Waals surface area contributed by atoms with E-state index in [0.717, 1.165) is 35.5 Å². The van der Waals surface area contributed by atoms with E-state index in [1.54, 1.807) is 11.8 Å². The lowest BCUT2D eigenvalue weighted by molar-refractivity contribution is -0.116. The topological polar surface area (TPSA) is 58.6 Å². The van der Waals surface area contributed by atoms with Crippen LogP contribution >= 0.6 is 11.8 Å². The first-order valence-electron chi connectivity index (χ1n) is 11.7. The van der Waals surface area contributed by atoms with Crippen LogP contribution in [0, 0.1) is 0 Å². The zero-order valence-corrected chi connectivity index (χ0v) is 20.0. The summed E-state index contributed by atoms with van der Waals surface area (Å²) in [4.78, 5) is 26.6. The lowest BCUT2D eigenvalue weighted by Gasteiger charge is -2.24. The van der Waals surface area contributed by atoms with Crippen molar-refractivity contribution in [3.05, 3.63) is 54.1 Å². The quantitative estimate of drug-likeness (QED) is 0.369. The molecule has 2 amide bonds. The number of carbonyl (C=O) groups excluding carboxylic acids is 2. The summed E-state index contributed by atoms with van der Waals surface area (Å²) in [5, 5.41) is 2.92. The van der Waals surface area contributed by atoms with Gasteiger partial charge in [0.1, 0.15) is 11.1 Å². The predicted octanol–water partition coefficient (Wildman–Crippen LogP) is 6.55. The van der Waals surface area contributed by atoms with E-state index in [1.807, 2.05) is 60.4 Å². The molecule has 0 bridgehead atoms. The maximum Gasteiger partial charge on any atom is 0.238 e. The van der Waals surface area contributed by atoms with Crippen LogP contribution in [0.5, 0.6) is 5.75 Å². The van der Waals surface area contributed by atoms with E-state index in [2.05, 4.69) is 12.2 Å². The molecule has 5 nitrogen and oxygen atoms in total. The SMILES string of the molecule is CCCCCCCCC(=O)Nc1ccc(C2SCC(=O)N2c2ccc(OCC)cc2)cc1. The number of thioether (sulfide) groups is 1. The third kappa shape index (κ3) is 6.76. The molecule has 0 radical (unpaired) electrons. The Balaban J connectivity index is 1.56. The highest BCUT2D eigenvalue weighted by Gasteiger charge is 2.34. The highest BCUT2D eigenvalue weighted by atomic mass is 32.2. The van der Waals surface area contributed by atoms with Gasteiger partial charge in [0.25, 0.3) is 0 Å². The smallest absolute Gasteiger partial charge is 0.238 e. The average molecular weight is 455 g/mol. The molecule has 3 rings (SSSR count). The Hall–Kier alpha value is -2.47. The molecule has 0 aromatic heterocycles. The van der Waals surface area contributed by atoms with E-state index in [4.69, 9.17) is 4.74 Å². The summed E-state index contributed by atoms with van der Waals surface area (Å²) in [5.41, 5.74) is 2.71. The molecular weight excluding hydrogens is 420 g/mol. The van der Waals surface area contributed by atoms with Crippen LogP contribution in [-0.4, -0.2) is 24.2 Å². The fourth-order valence-electron chi connectivity index (χ4n) is 3.84. The Bertz CT molecular complexity index is 868. The van der Waals surface area contributed by atoms with Crippen LogP contribution in [0.3, 0.4) is 0 Å². The first-order valence-corrected chi connectivity index (χ1v) is 12.7. The Morgan fingerprint density at radius 3 is 2.38 bits per heavy atom. The van der Waals surface area contributed by atoms with Gasteiger partial charge in [0.15, 0.2) is 0 Å². The van der Waals surface area contributed by atoms with Gasteiger partial charge in [0, 0.05) is 17.8 Å². The van der Waals surface area contributed by atoms with E-state index in [1.165, 1.54) is 25.7 Å². The molecule has 6 heteroatoms. The molecule has 1 N–H and O–H groups in total. The minimum Gasteiger partial charge on any atom is -0.494 e. The molecule has 0 spiro atoms. The molecule has 172 valence electrons. The fraction of sp³-hybridized carbons (Fsp3) is 0.462. The standard InChI is InChI=1S/C26H34N2O3S/c1-3-5-6-7-8-9-10-24(29)27-21-13-11-20(12-14-21)26-28(25(30)19-32-26)22-15-17-23(18-16-22)31-4-2/h11-18,26H,3-10,19H2,1-2H3,(H,27,29). The molecule has 1 aliphatic rings. The Morgan fingerprint density at radius 1 is 1.00 bits per heavy atom. The number of nitrogens with one attached hydrogen (secondary N) is 1. The lowest BCUT2D eigenvalue weighted by Crippen LogP contribution is -2.27. The molecule has 1 atom stereocenters. The lowest BCUT2D eigenvalue weighted by atomic mass is 10.1. The largest absolute Gasteiger partial charge is 0.494 e. The third-order valence-corrected chi connectivity index (χ3v) is 6.74. The second-order valence-electron chi connectivity index (χ2n) is 8.04. The zero-order valence-electron chi connectivity index (χ0n) is 19.1. The van der Waals surface area contributed by atoms with Crippen molar-refractivity contribution < 1.29 is 14.3 Å². The van der Waals surface area contributed by atoms with Crippen molar-refractivity contribution in [2.45, 2.75) is 64.2 Å². The van der Waals surface area contributed by atoms with Crippen LogP contribution in [0.4, 0.5) is 11.4 Å². The van der Waals surface area contributed by atoms with Gasteiger partial charge in [-0.3, -0.25) is 14.5 Å². The fourth-order valence-corrected chi connectivity index (χ4v) is 5.02. The third-order valence-electron chi connectivity index (χ3n) is 5.53. The first-order chi connectivity index (χ1) is 15.6. The van der Waals surface area contributed by atoms with Gasteiger partial charge in [0.2, 0.25) is 11.8 Å². The number of benzene rings is 2. The second-order valence-corrected chi connectivity index (χ2v) is 9.11. The minimum absolute atomic E-state index is 0.0645. The van der Waals surface area contributed by atoms with Gasteiger partial charge in [-0.25, -0.2) is 0 Å². The number of ether oxygens (including phenoxy) is 1. The number of hydrogen-bond acceptors (Lipinski definition) is 4. The summed E-state index contributed by atoms with van der Waals surface area (Å²) < 4.78 is 5.51. The normalized spacial score (nSPS) is 15.8. The Labute approximate surface area is 195 Å².